The Morgan fingerprint density at radius 1 is 1.47 bits per heavy atom. The molecule has 2 heterocycles. The summed E-state index contributed by atoms with van der Waals surface area (Å²) in [6.45, 7) is 1.78. The lowest BCUT2D eigenvalue weighted by Gasteiger charge is -2.11. The van der Waals surface area contributed by atoms with Crippen molar-refractivity contribution in [3.05, 3.63) is 18.2 Å². The zero-order valence-electron chi connectivity index (χ0n) is 8.90. The van der Waals surface area contributed by atoms with Gasteiger partial charge in [-0.2, -0.15) is 4.98 Å². The van der Waals surface area contributed by atoms with E-state index < -0.39 is 0 Å². The predicted molar refractivity (Wildman–Crippen MR) is 57.3 cm³/mol. The van der Waals surface area contributed by atoms with E-state index in [4.69, 9.17) is 9.47 Å². The van der Waals surface area contributed by atoms with Crippen molar-refractivity contribution in [3.8, 4) is 11.8 Å². The van der Waals surface area contributed by atoms with Crippen LogP contribution in [0.2, 0.25) is 0 Å². The quantitative estimate of drug-likeness (QED) is 0.808. The Morgan fingerprint density at radius 3 is 3.07 bits per heavy atom. The molecule has 4 heteroatoms. The number of nitrogens with zero attached hydrogens (tertiary/aromatic N) is 1. The average Bonchev–Trinajstić information content (AvgIpc) is 2.79. The van der Waals surface area contributed by atoms with Crippen molar-refractivity contribution in [3.63, 3.8) is 0 Å². The van der Waals surface area contributed by atoms with Gasteiger partial charge in [0.1, 0.15) is 6.61 Å². The molecule has 82 valence electrons. The van der Waals surface area contributed by atoms with Crippen LogP contribution in [-0.2, 0) is 0 Å². The van der Waals surface area contributed by atoms with Crippen molar-refractivity contribution >= 4 is 0 Å². The Kier molecular flexibility index (Phi) is 3.40. The van der Waals surface area contributed by atoms with Crippen molar-refractivity contribution in [2.45, 2.75) is 18.9 Å². The number of hydrogen-bond donors (Lipinski definition) is 1. The van der Waals surface area contributed by atoms with E-state index in [1.807, 2.05) is 12.1 Å². The molecule has 1 saturated heterocycles. The average molecular weight is 208 g/mol. The van der Waals surface area contributed by atoms with Crippen molar-refractivity contribution in [2.75, 3.05) is 20.3 Å². The molecule has 0 aromatic carbocycles. The third kappa shape index (κ3) is 2.83. The summed E-state index contributed by atoms with van der Waals surface area (Å²) < 4.78 is 10.6. The number of rotatable bonds is 4. The largest absolute Gasteiger partial charge is 0.481 e. The molecule has 0 bridgehead atoms. The maximum atomic E-state index is 5.58. The molecule has 0 spiro atoms. The van der Waals surface area contributed by atoms with Crippen LogP contribution in [0.1, 0.15) is 12.8 Å². The Bertz CT molecular complexity index is 311. The van der Waals surface area contributed by atoms with Gasteiger partial charge in [0.15, 0.2) is 0 Å². The molecule has 1 atom stereocenters. The van der Waals surface area contributed by atoms with Crippen LogP contribution < -0.4 is 14.8 Å². The van der Waals surface area contributed by atoms with E-state index in [2.05, 4.69) is 10.3 Å². The van der Waals surface area contributed by atoms with Gasteiger partial charge in [-0.05, 0) is 19.4 Å². The molecule has 1 aromatic rings. The van der Waals surface area contributed by atoms with Gasteiger partial charge in [-0.3, -0.25) is 0 Å². The fourth-order valence-electron chi connectivity index (χ4n) is 1.67. The van der Waals surface area contributed by atoms with Crippen molar-refractivity contribution in [1.82, 2.24) is 10.3 Å². The number of methoxy groups -OCH3 is 1. The molecular weight excluding hydrogens is 192 g/mol. The highest BCUT2D eigenvalue weighted by atomic mass is 16.5. The van der Waals surface area contributed by atoms with Gasteiger partial charge in [0.25, 0.3) is 0 Å². The van der Waals surface area contributed by atoms with Gasteiger partial charge in [0.05, 0.1) is 7.11 Å². The fourth-order valence-corrected chi connectivity index (χ4v) is 1.67. The number of ether oxygens (including phenoxy) is 2. The highest BCUT2D eigenvalue weighted by molar-refractivity contribution is 5.19. The maximum Gasteiger partial charge on any atom is 0.216 e. The molecule has 4 nitrogen and oxygen atoms in total. The van der Waals surface area contributed by atoms with Crippen LogP contribution in [0.4, 0.5) is 0 Å². The summed E-state index contributed by atoms with van der Waals surface area (Å²) in [6.07, 6.45) is 2.42. The molecule has 0 amide bonds. The Morgan fingerprint density at radius 2 is 2.33 bits per heavy atom. The van der Waals surface area contributed by atoms with E-state index in [0.717, 1.165) is 6.54 Å². The number of hydrogen-bond acceptors (Lipinski definition) is 4. The maximum absolute atomic E-state index is 5.58. The first-order valence-electron chi connectivity index (χ1n) is 5.26. The standard InChI is InChI=1S/C11H16N2O2/c1-14-10-5-2-6-11(13-10)15-8-9-4-3-7-12-9/h2,5-6,9,12H,3-4,7-8H2,1H3/t9-/m1/s1. The summed E-state index contributed by atoms with van der Waals surface area (Å²) in [5.41, 5.74) is 0. The minimum Gasteiger partial charge on any atom is -0.481 e. The minimum absolute atomic E-state index is 0.470. The molecule has 0 aliphatic carbocycles. The van der Waals surface area contributed by atoms with Crippen LogP contribution in [0.5, 0.6) is 11.8 Å². The van der Waals surface area contributed by atoms with Crippen LogP contribution in [0.25, 0.3) is 0 Å². The van der Waals surface area contributed by atoms with Crippen molar-refractivity contribution in [1.29, 1.82) is 0 Å². The first-order valence-corrected chi connectivity index (χ1v) is 5.26. The third-order valence-electron chi connectivity index (χ3n) is 2.50. The second kappa shape index (κ2) is 4.98. The van der Waals surface area contributed by atoms with E-state index in [-0.39, 0.29) is 0 Å². The smallest absolute Gasteiger partial charge is 0.216 e. The van der Waals surface area contributed by atoms with Crippen LogP contribution in [0.15, 0.2) is 18.2 Å². The van der Waals surface area contributed by atoms with E-state index >= 15 is 0 Å². The second-order valence-electron chi connectivity index (χ2n) is 3.62. The summed E-state index contributed by atoms with van der Waals surface area (Å²) >= 11 is 0. The Balaban J connectivity index is 1.86. The molecular formula is C11H16N2O2. The lowest BCUT2D eigenvalue weighted by Crippen LogP contribution is -2.28. The highest BCUT2D eigenvalue weighted by Gasteiger charge is 2.14. The zero-order chi connectivity index (χ0) is 10.5. The van der Waals surface area contributed by atoms with Crippen LogP contribution >= 0.6 is 0 Å². The predicted octanol–water partition coefficient (Wildman–Crippen LogP) is 1.22. The van der Waals surface area contributed by atoms with E-state index in [1.54, 1.807) is 13.2 Å². The highest BCUT2D eigenvalue weighted by Crippen LogP contribution is 2.14. The Hall–Kier alpha value is -1.29. The molecule has 1 fully saturated rings. The molecule has 15 heavy (non-hydrogen) atoms. The van der Waals surface area contributed by atoms with Gasteiger partial charge in [0, 0.05) is 18.2 Å². The fraction of sp³-hybridized carbons (Fsp3) is 0.545. The van der Waals surface area contributed by atoms with Gasteiger partial charge in [-0.25, -0.2) is 0 Å². The normalized spacial score (nSPS) is 20.2. The molecule has 2 rings (SSSR count). The number of nitrogens with one attached hydrogen (secondary N) is 1. The molecule has 1 N–H and O–H groups in total. The summed E-state index contributed by atoms with van der Waals surface area (Å²) in [7, 11) is 1.60. The van der Waals surface area contributed by atoms with Gasteiger partial charge in [-0.15, -0.1) is 0 Å². The summed E-state index contributed by atoms with van der Waals surface area (Å²) in [5, 5.41) is 3.37. The third-order valence-corrected chi connectivity index (χ3v) is 2.50. The lowest BCUT2D eigenvalue weighted by atomic mass is 10.2. The number of aromatic nitrogens is 1. The zero-order valence-corrected chi connectivity index (χ0v) is 8.90. The SMILES string of the molecule is COc1cccc(OC[C@H]2CCCN2)n1. The Labute approximate surface area is 89.6 Å². The van der Waals surface area contributed by atoms with Crippen LogP contribution in [-0.4, -0.2) is 31.3 Å². The first-order chi connectivity index (χ1) is 7.38. The van der Waals surface area contributed by atoms with Crippen LogP contribution in [0.3, 0.4) is 0 Å². The van der Waals surface area contributed by atoms with Crippen LogP contribution in [0, 0.1) is 0 Å². The van der Waals surface area contributed by atoms with Crippen molar-refractivity contribution in [2.24, 2.45) is 0 Å². The first kappa shape index (κ1) is 10.2. The van der Waals surface area contributed by atoms with E-state index in [1.165, 1.54) is 12.8 Å². The van der Waals surface area contributed by atoms with Gasteiger partial charge in [-0.1, -0.05) is 6.07 Å². The molecule has 0 unspecified atom stereocenters. The molecule has 1 aliphatic rings. The molecule has 1 aromatic heterocycles. The molecule has 0 radical (unpaired) electrons. The molecule has 1 aliphatic heterocycles. The summed E-state index contributed by atoms with van der Waals surface area (Å²) in [6, 6.07) is 6.00. The second-order valence-corrected chi connectivity index (χ2v) is 3.62. The monoisotopic (exact) mass is 208 g/mol. The van der Waals surface area contributed by atoms with E-state index in [0.29, 0.717) is 24.4 Å². The van der Waals surface area contributed by atoms with Gasteiger partial charge in [0.2, 0.25) is 11.8 Å². The van der Waals surface area contributed by atoms with Crippen molar-refractivity contribution < 1.29 is 9.47 Å². The van der Waals surface area contributed by atoms with Gasteiger partial charge < -0.3 is 14.8 Å². The van der Waals surface area contributed by atoms with E-state index in [9.17, 15) is 0 Å². The summed E-state index contributed by atoms with van der Waals surface area (Å²) in [4.78, 5) is 4.18. The molecule has 0 saturated carbocycles. The van der Waals surface area contributed by atoms with Gasteiger partial charge >= 0.3 is 0 Å². The summed E-state index contributed by atoms with van der Waals surface area (Å²) in [5.74, 6) is 1.22. The number of pyridine rings is 1. The topological polar surface area (TPSA) is 43.4 Å². The minimum atomic E-state index is 0.470. The lowest BCUT2D eigenvalue weighted by molar-refractivity contribution is 0.263.